The lowest BCUT2D eigenvalue weighted by atomic mass is 10.1. The second kappa shape index (κ2) is 7.65. The SMILES string of the molecule is COc1ccc(CCC(C)NCCc2ncon2)cc1. The third-order valence-corrected chi connectivity index (χ3v) is 3.27. The van der Waals surface area contributed by atoms with Crippen molar-refractivity contribution in [2.45, 2.75) is 32.2 Å². The second-order valence-corrected chi connectivity index (χ2v) is 4.84. The Balaban J connectivity index is 1.65. The first-order valence-electron chi connectivity index (χ1n) is 6.89. The number of benzene rings is 1. The van der Waals surface area contributed by atoms with Crippen LogP contribution in [0.1, 0.15) is 24.7 Å². The van der Waals surface area contributed by atoms with Gasteiger partial charge in [-0.2, -0.15) is 4.98 Å². The molecule has 1 atom stereocenters. The first-order chi connectivity index (χ1) is 9.78. The number of aryl methyl sites for hydroxylation is 1. The zero-order valence-electron chi connectivity index (χ0n) is 12.0. The first-order valence-corrected chi connectivity index (χ1v) is 6.89. The predicted molar refractivity (Wildman–Crippen MR) is 76.8 cm³/mol. The van der Waals surface area contributed by atoms with Crippen LogP contribution < -0.4 is 10.1 Å². The Morgan fingerprint density at radius 2 is 2.05 bits per heavy atom. The van der Waals surface area contributed by atoms with Crippen molar-refractivity contribution in [1.82, 2.24) is 15.5 Å². The van der Waals surface area contributed by atoms with Gasteiger partial charge in [0.2, 0.25) is 6.39 Å². The fourth-order valence-corrected chi connectivity index (χ4v) is 2.01. The number of ether oxygens (including phenoxy) is 1. The van der Waals surface area contributed by atoms with Crippen molar-refractivity contribution < 1.29 is 9.26 Å². The topological polar surface area (TPSA) is 60.2 Å². The molecule has 2 rings (SSSR count). The number of hydrogen-bond acceptors (Lipinski definition) is 5. The number of methoxy groups -OCH3 is 1. The van der Waals surface area contributed by atoms with Crippen molar-refractivity contribution >= 4 is 0 Å². The summed E-state index contributed by atoms with van der Waals surface area (Å²) in [5, 5.41) is 7.25. The van der Waals surface area contributed by atoms with Crippen LogP contribution in [0.15, 0.2) is 35.2 Å². The van der Waals surface area contributed by atoms with E-state index in [0.717, 1.165) is 37.4 Å². The molecule has 1 aromatic carbocycles. The van der Waals surface area contributed by atoms with Crippen molar-refractivity contribution in [3.05, 3.63) is 42.0 Å². The monoisotopic (exact) mass is 275 g/mol. The van der Waals surface area contributed by atoms with Gasteiger partial charge in [-0.1, -0.05) is 17.3 Å². The van der Waals surface area contributed by atoms with Crippen LogP contribution in [0.3, 0.4) is 0 Å². The average Bonchev–Trinajstić information content (AvgIpc) is 2.99. The number of aromatic nitrogens is 2. The molecule has 1 heterocycles. The molecule has 108 valence electrons. The van der Waals surface area contributed by atoms with Gasteiger partial charge >= 0.3 is 0 Å². The summed E-state index contributed by atoms with van der Waals surface area (Å²) >= 11 is 0. The molecular weight excluding hydrogens is 254 g/mol. The Hall–Kier alpha value is -1.88. The minimum absolute atomic E-state index is 0.462. The van der Waals surface area contributed by atoms with Crippen molar-refractivity contribution in [3.8, 4) is 5.75 Å². The predicted octanol–water partition coefficient (Wildman–Crippen LogP) is 2.23. The molecule has 5 heteroatoms. The molecule has 1 aromatic heterocycles. The molecule has 20 heavy (non-hydrogen) atoms. The lowest BCUT2D eigenvalue weighted by Gasteiger charge is -2.13. The van der Waals surface area contributed by atoms with E-state index >= 15 is 0 Å². The summed E-state index contributed by atoms with van der Waals surface area (Å²) < 4.78 is 9.85. The summed E-state index contributed by atoms with van der Waals surface area (Å²) in [6, 6.07) is 8.70. The lowest BCUT2D eigenvalue weighted by molar-refractivity contribution is 0.408. The minimum atomic E-state index is 0.462. The zero-order chi connectivity index (χ0) is 14.2. The average molecular weight is 275 g/mol. The van der Waals surface area contributed by atoms with Crippen molar-refractivity contribution in [3.63, 3.8) is 0 Å². The summed E-state index contributed by atoms with van der Waals surface area (Å²) in [6.07, 6.45) is 4.31. The van der Waals surface area contributed by atoms with E-state index in [4.69, 9.17) is 9.26 Å². The lowest BCUT2D eigenvalue weighted by Crippen LogP contribution is -2.28. The maximum Gasteiger partial charge on any atom is 0.213 e. The van der Waals surface area contributed by atoms with Gasteiger partial charge in [-0.3, -0.25) is 0 Å². The van der Waals surface area contributed by atoms with Crippen LogP contribution in [0.25, 0.3) is 0 Å². The van der Waals surface area contributed by atoms with E-state index in [0.29, 0.717) is 6.04 Å². The van der Waals surface area contributed by atoms with Gasteiger partial charge in [0.1, 0.15) is 5.75 Å². The summed E-state index contributed by atoms with van der Waals surface area (Å²) in [7, 11) is 1.69. The third-order valence-electron chi connectivity index (χ3n) is 3.27. The molecule has 0 saturated carbocycles. The maximum absolute atomic E-state index is 5.15. The molecule has 0 aliphatic heterocycles. The summed E-state index contributed by atoms with van der Waals surface area (Å²) in [6.45, 7) is 3.06. The Kier molecular flexibility index (Phi) is 5.55. The van der Waals surface area contributed by atoms with Gasteiger partial charge in [-0.25, -0.2) is 0 Å². The fourth-order valence-electron chi connectivity index (χ4n) is 2.01. The van der Waals surface area contributed by atoms with E-state index in [1.807, 2.05) is 12.1 Å². The number of nitrogens with zero attached hydrogens (tertiary/aromatic N) is 2. The molecule has 0 spiro atoms. The summed E-state index contributed by atoms with van der Waals surface area (Å²) in [4.78, 5) is 3.99. The van der Waals surface area contributed by atoms with E-state index in [1.165, 1.54) is 12.0 Å². The molecule has 1 unspecified atom stereocenters. The van der Waals surface area contributed by atoms with Gasteiger partial charge < -0.3 is 14.6 Å². The van der Waals surface area contributed by atoms with Gasteiger partial charge in [0.15, 0.2) is 5.82 Å². The molecule has 2 aromatic rings. The molecule has 1 N–H and O–H groups in total. The molecule has 0 saturated heterocycles. The summed E-state index contributed by atoms with van der Waals surface area (Å²) in [5.41, 5.74) is 1.33. The maximum atomic E-state index is 5.15. The molecule has 0 radical (unpaired) electrons. The van der Waals surface area contributed by atoms with E-state index in [-0.39, 0.29) is 0 Å². The molecule has 0 aliphatic rings. The third kappa shape index (κ3) is 4.66. The Morgan fingerprint density at radius 3 is 2.70 bits per heavy atom. The Bertz CT molecular complexity index is 482. The van der Waals surface area contributed by atoms with E-state index in [9.17, 15) is 0 Å². The van der Waals surface area contributed by atoms with Crippen LogP contribution in [-0.4, -0.2) is 29.8 Å². The molecule has 0 bridgehead atoms. The van der Waals surface area contributed by atoms with Gasteiger partial charge in [-0.15, -0.1) is 0 Å². The molecule has 5 nitrogen and oxygen atoms in total. The van der Waals surface area contributed by atoms with Crippen LogP contribution in [0.5, 0.6) is 5.75 Å². The quantitative estimate of drug-likeness (QED) is 0.800. The fraction of sp³-hybridized carbons (Fsp3) is 0.467. The van der Waals surface area contributed by atoms with Crippen LogP contribution in [0.2, 0.25) is 0 Å². The van der Waals surface area contributed by atoms with Crippen LogP contribution in [-0.2, 0) is 12.8 Å². The van der Waals surface area contributed by atoms with E-state index in [1.54, 1.807) is 7.11 Å². The van der Waals surface area contributed by atoms with Crippen LogP contribution >= 0.6 is 0 Å². The Morgan fingerprint density at radius 1 is 1.25 bits per heavy atom. The standard InChI is InChI=1S/C15H21N3O2/c1-12(16-10-9-15-17-11-20-18-15)3-4-13-5-7-14(19-2)8-6-13/h5-8,11-12,16H,3-4,9-10H2,1-2H3. The highest BCUT2D eigenvalue weighted by Gasteiger charge is 2.04. The van der Waals surface area contributed by atoms with E-state index < -0.39 is 0 Å². The smallest absolute Gasteiger partial charge is 0.213 e. The molecule has 0 fully saturated rings. The minimum Gasteiger partial charge on any atom is -0.497 e. The van der Waals surface area contributed by atoms with Gasteiger partial charge in [-0.05, 0) is 37.5 Å². The number of rotatable bonds is 8. The highest BCUT2D eigenvalue weighted by atomic mass is 16.5. The number of hydrogen-bond donors (Lipinski definition) is 1. The Labute approximate surface area is 119 Å². The van der Waals surface area contributed by atoms with Gasteiger partial charge in [0.05, 0.1) is 7.11 Å². The highest BCUT2D eigenvalue weighted by Crippen LogP contribution is 2.13. The normalized spacial score (nSPS) is 12.3. The van der Waals surface area contributed by atoms with Crippen LogP contribution in [0, 0.1) is 0 Å². The zero-order valence-corrected chi connectivity index (χ0v) is 12.0. The van der Waals surface area contributed by atoms with Crippen molar-refractivity contribution in [1.29, 1.82) is 0 Å². The molecule has 0 aliphatic carbocycles. The second-order valence-electron chi connectivity index (χ2n) is 4.84. The van der Waals surface area contributed by atoms with Gasteiger partial charge in [0, 0.05) is 19.0 Å². The first kappa shape index (κ1) is 14.5. The molecular formula is C15H21N3O2. The largest absolute Gasteiger partial charge is 0.497 e. The number of nitrogens with one attached hydrogen (secondary N) is 1. The van der Waals surface area contributed by atoms with Crippen molar-refractivity contribution in [2.24, 2.45) is 0 Å². The highest BCUT2D eigenvalue weighted by molar-refractivity contribution is 5.27. The van der Waals surface area contributed by atoms with Crippen LogP contribution in [0.4, 0.5) is 0 Å². The summed E-state index contributed by atoms with van der Waals surface area (Å²) in [5.74, 6) is 1.65. The van der Waals surface area contributed by atoms with Crippen molar-refractivity contribution in [2.75, 3.05) is 13.7 Å². The molecule has 0 amide bonds. The van der Waals surface area contributed by atoms with E-state index in [2.05, 4.69) is 34.5 Å². The van der Waals surface area contributed by atoms with Gasteiger partial charge in [0.25, 0.3) is 0 Å².